The maximum absolute atomic E-state index is 12.5. The monoisotopic (exact) mass is 265 g/mol. The van der Waals surface area contributed by atoms with Crippen molar-refractivity contribution < 1.29 is 17.9 Å². The zero-order valence-electron chi connectivity index (χ0n) is 9.23. The topological polar surface area (TPSA) is 33.1 Å². The van der Waals surface area contributed by atoms with Gasteiger partial charge in [-0.05, 0) is 18.2 Å². The van der Waals surface area contributed by atoms with Crippen molar-refractivity contribution in [2.24, 2.45) is 5.92 Å². The SMILES string of the molecule is CC(C)C(=N)Oc1ccc(Cl)c(C(F)(F)F)c1. The first kappa shape index (κ1) is 13.8. The molecule has 1 N–H and O–H groups in total. The van der Waals surface area contributed by atoms with Gasteiger partial charge in [-0.25, -0.2) is 0 Å². The molecule has 0 heterocycles. The molecular formula is C11H11ClF3NO. The summed E-state index contributed by atoms with van der Waals surface area (Å²) in [4.78, 5) is 0. The summed E-state index contributed by atoms with van der Waals surface area (Å²) < 4.78 is 42.6. The summed E-state index contributed by atoms with van der Waals surface area (Å²) in [7, 11) is 0. The lowest BCUT2D eigenvalue weighted by Crippen LogP contribution is -2.14. The van der Waals surface area contributed by atoms with Gasteiger partial charge in [0.25, 0.3) is 0 Å². The van der Waals surface area contributed by atoms with Crippen molar-refractivity contribution in [1.82, 2.24) is 0 Å². The molecule has 6 heteroatoms. The third-order valence-corrected chi connectivity index (χ3v) is 2.32. The van der Waals surface area contributed by atoms with Gasteiger partial charge in [0.1, 0.15) is 5.75 Å². The molecule has 1 aromatic carbocycles. The molecule has 0 aliphatic heterocycles. The van der Waals surface area contributed by atoms with E-state index in [0.29, 0.717) is 0 Å². The number of nitrogens with one attached hydrogen (secondary N) is 1. The van der Waals surface area contributed by atoms with Gasteiger partial charge in [0, 0.05) is 5.92 Å². The smallest absolute Gasteiger partial charge is 0.417 e. The van der Waals surface area contributed by atoms with Crippen LogP contribution >= 0.6 is 11.6 Å². The third-order valence-electron chi connectivity index (χ3n) is 2.00. The number of hydrogen-bond acceptors (Lipinski definition) is 2. The highest BCUT2D eigenvalue weighted by Crippen LogP contribution is 2.36. The van der Waals surface area contributed by atoms with Crippen molar-refractivity contribution in [3.8, 4) is 5.75 Å². The Morgan fingerprint density at radius 3 is 2.41 bits per heavy atom. The Labute approximate surface area is 102 Å². The first-order chi connectivity index (χ1) is 7.71. The number of alkyl halides is 3. The van der Waals surface area contributed by atoms with Crippen molar-refractivity contribution in [3.05, 3.63) is 28.8 Å². The van der Waals surface area contributed by atoms with Gasteiger partial charge in [0.2, 0.25) is 0 Å². The molecule has 2 nitrogen and oxygen atoms in total. The maximum Gasteiger partial charge on any atom is 0.417 e. The average molecular weight is 266 g/mol. The van der Waals surface area contributed by atoms with Crippen LogP contribution in [-0.2, 0) is 6.18 Å². The van der Waals surface area contributed by atoms with E-state index in [0.717, 1.165) is 12.1 Å². The van der Waals surface area contributed by atoms with Crippen LogP contribution in [0.3, 0.4) is 0 Å². The summed E-state index contributed by atoms with van der Waals surface area (Å²) in [6, 6.07) is 3.20. The molecule has 0 saturated carbocycles. The Hall–Kier alpha value is -1.23. The number of hydrogen-bond donors (Lipinski definition) is 1. The fraction of sp³-hybridized carbons (Fsp3) is 0.364. The summed E-state index contributed by atoms with van der Waals surface area (Å²) in [5.41, 5.74) is -0.965. The maximum atomic E-state index is 12.5. The van der Waals surface area contributed by atoms with Crippen LogP contribution in [0.15, 0.2) is 18.2 Å². The van der Waals surface area contributed by atoms with Crippen LogP contribution in [0.5, 0.6) is 5.75 Å². The Morgan fingerprint density at radius 2 is 1.94 bits per heavy atom. The summed E-state index contributed by atoms with van der Waals surface area (Å²) in [6.45, 7) is 3.42. The second-order valence-corrected chi connectivity index (χ2v) is 4.17. The molecule has 0 saturated heterocycles. The van der Waals surface area contributed by atoms with Gasteiger partial charge in [-0.1, -0.05) is 25.4 Å². The summed E-state index contributed by atoms with van der Waals surface area (Å²) in [6.07, 6.45) is -4.53. The molecule has 0 atom stereocenters. The molecule has 0 unspecified atom stereocenters. The molecular weight excluding hydrogens is 255 g/mol. The van der Waals surface area contributed by atoms with E-state index in [2.05, 4.69) is 0 Å². The second kappa shape index (κ2) is 4.96. The van der Waals surface area contributed by atoms with Crippen molar-refractivity contribution in [2.45, 2.75) is 20.0 Å². The van der Waals surface area contributed by atoms with Crippen molar-refractivity contribution in [1.29, 1.82) is 5.41 Å². The standard InChI is InChI=1S/C11H11ClF3NO/c1-6(2)10(16)17-7-3-4-9(12)8(5-7)11(13,14)15/h3-6,16H,1-2H3. The van der Waals surface area contributed by atoms with Crippen molar-refractivity contribution >= 4 is 17.5 Å². The van der Waals surface area contributed by atoms with Crippen molar-refractivity contribution in [2.75, 3.05) is 0 Å². The van der Waals surface area contributed by atoms with Gasteiger partial charge in [-0.2, -0.15) is 13.2 Å². The molecule has 0 aromatic heterocycles. The molecule has 0 fully saturated rings. The van der Waals surface area contributed by atoms with E-state index in [1.54, 1.807) is 13.8 Å². The molecule has 94 valence electrons. The van der Waals surface area contributed by atoms with E-state index in [-0.39, 0.29) is 22.6 Å². The minimum atomic E-state index is -4.53. The van der Waals surface area contributed by atoms with Gasteiger partial charge in [0.15, 0.2) is 5.90 Å². The molecule has 1 rings (SSSR count). The number of ether oxygens (including phenoxy) is 1. The third kappa shape index (κ3) is 3.63. The lowest BCUT2D eigenvalue weighted by atomic mass is 10.2. The van der Waals surface area contributed by atoms with Gasteiger partial charge in [-0.3, -0.25) is 5.41 Å². The highest BCUT2D eigenvalue weighted by molar-refractivity contribution is 6.31. The minimum Gasteiger partial charge on any atom is -0.443 e. The van der Waals surface area contributed by atoms with E-state index < -0.39 is 11.7 Å². The Balaban J connectivity index is 3.01. The lowest BCUT2D eigenvalue weighted by Gasteiger charge is -2.13. The van der Waals surface area contributed by atoms with Crippen LogP contribution in [0, 0.1) is 11.3 Å². The Morgan fingerprint density at radius 1 is 1.35 bits per heavy atom. The van der Waals surface area contributed by atoms with Crippen LogP contribution in [0.2, 0.25) is 5.02 Å². The van der Waals surface area contributed by atoms with Crippen LogP contribution in [0.1, 0.15) is 19.4 Å². The molecule has 0 bridgehead atoms. The molecule has 0 amide bonds. The normalized spacial score (nSPS) is 11.7. The summed E-state index contributed by atoms with van der Waals surface area (Å²) >= 11 is 5.45. The van der Waals surface area contributed by atoms with Gasteiger partial charge in [0.05, 0.1) is 10.6 Å². The summed E-state index contributed by atoms with van der Waals surface area (Å²) in [5.74, 6) is -0.333. The minimum absolute atomic E-state index is 0.0413. The fourth-order valence-electron chi connectivity index (χ4n) is 1.03. The van der Waals surface area contributed by atoms with Gasteiger partial charge >= 0.3 is 6.18 Å². The van der Waals surface area contributed by atoms with Crippen LogP contribution in [0.4, 0.5) is 13.2 Å². The predicted octanol–water partition coefficient (Wildman–Crippen LogP) is 4.37. The largest absolute Gasteiger partial charge is 0.443 e. The molecule has 0 aliphatic carbocycles. The van der Waals surface area contributed by atoms with Gasteiger partial charge < -0.3 is 4.74 Å². The van der Waals surface area contributed by atoms with Crippen molar-refractivity contribution in [3.63, 3.8) is 0 Å². The molecule has 0 aliphatic rings. The predicted molar refractivity (Wildman–Crippen MR) is 59.6 cm³/mol. The lowest BCUT2D eigenvalue weighted by molar-refractivity contribution is -0.137. The highest BCUT2D eigenvalue weighted by atomic mass is 35.5. The van der Waals surface area contributed by atoms with E-state index in [9.17, 15) is 13.2 Å². The average Bonchev–Trinajstić information content (AvgIpc) is 2.19. The van der Waals surface area contributed by atoms with E-state index in [1.807, 2.05) is 0 Å². The number of benzene rings is 1. The van der Waals surface area contributed by atoms with Crippen LogP contribution in [0.25, 0.3) is 0 Å². The number of rotatable bonds is 2. The summed E-state index contributed by atoms with van der Waals surface area (Å²) in [5, 5.41) is 7.04. The first-order valence-electron chi connectivity index (χ1n) is 4.85. The van der Waals surface area contributed by atoms with Crippen LogP contribution in [-0.4, -0.2) is 5.90 Å². The van der Waals surface area contributed by atoms with Crippen LogP contribution < -0.4 is 4.74 Å². The molecule has 0 radical (unpaired) electrons. The fourth-order valence-corrected chi connectivity index (χ4v) is 1.25. The zero-order chi connectivity index (χ0) is 13.2. The second-order valence-electron chi connectivity index (χ2n) is 3.76. The Bertz CT molecular complexity index is 429. The zero-order valence-corrected chi connectivity index (χ0v) is 9.99. The van der Waals surface area contributed by atoms with E-state index in [1.165, 1.54) is 6.07 Å². The molecule has 0 spiro atoms. The highest BCUT2D eigenvalue weighted by Gasteiger charge is 2.33. The van der Waals surface area contributed by atoms with E-state index >= 15 is 0 Å². The molecule has 17 heavy (non-hydrogen) atoms. The Kier molecular flexibility index (Phi) is 4.03. The molecule has 1 aromatic rings. The van der Waals surface area contributed by atoms with E-state index in [4.69, 9.17) is 21.7 Å². The first-order valence-corrected chi connectivity index (χ1v) is 5.22. The number of halogens is 4. The van der Waals surface area contributed by atoms with Gasteiger partial charge in [-0.15, -0.1) is 0 Å². The quantitative estimate of drug-likeness (QED) is 0.625.